The van der Waals surface area contributed by atoms with Crippen molar-refractivity contribution in [1.29, 1.82) is 0 Å². The molecule has 0 heterocycles. The first kappa shape index (κ1) is 16.5. The summed E-state index contributed by atoms with van der Waals surface area (Å²) in [5, 5.41) is 0. The van der Waals surface area contributed by atoms with Crippen LogP contribution in [0.4, 0.5) is 0 Å². The van der Waals surface area contributed by atoms with E-state index < -0.39 is 0 Å². The maximum atomic E-state index is 11.6. The number of carbonyl (C=O) groups is 1. The molecule has 0 aromatic heterocycles. The van der Waals surface area contributed by atoms with E-state index in [0.717, 1.165) is 12.8 Å². The summed E-state index contributed by atoms with van der Waals surface area (Å²) < 4.78 is 5.50. The number of carbonyl (C=O) groups excluding carboxylic acids is 1. The van der Waals surface area contributed by atoms with Gasteiger partial charge in [-0.3, -0.25) is 4.79 Å². The number of unbranched alkanes of at least 4 members (excludes halogenated alkanes) is 7. The quantitative estimate of drug-likeness (QED) is 0.357. The Kier molecular flexibility index (Phi) is 8.94. The molecule has 2 unspecified atom stereocenters. The summed E-state index contributed by atoms with van der Waals surface area (Å²) in [5.41, 5.74) is 0. The van der Waals surface area contributed by atoms with Crippen LogP contribution in [0.3, 0.4) is 0 Å². The van der Waals surface area contributed by atoms with Gasteiger partial charge in [0.15, 0.2) is 0 Å². The fourth-order valence-corrected chi connectivity index (χ4v) is 2.60. The van der Waals surface area contributed by atoms with E-state index in [1.54, 1.807) is 0 Å². The number of rotatable bonds is 12. The average molecular weight is 268 g/mol. The summed E-state index contributed by atoms with van der Waals surface area (Å²) in [6.07, 6.45) is 14.5. The minimum absolute atomic E-state index is 0.0394. The van der Waals surface area contributed by atoms with Gasteiger partial charge < -0.3 is 4.74 Å². The molecular formula is C17H32O2. The number of hydrogen-bond acceptors (Lipinski definition) is 2. The predicted molar refractivity (Wildman–Crippen MR) is 80.1 cm³/mol. The standard InChI is InChI=1S/C17H32O2/c1-3-5-7-9-11-13-17(18)19-16-14-15(16)12-10-8-6-4-2/h15-16H,3-14H2,1-2H3. The van der Waals surface area contributed by atoms with Gasteiger partial charge in [-0.1, -0.05) is 65.2 Å². The summed E-state index contributed by atoms with van der Waals surface area (Å²) in [7, 11) is 0. The molecule has 0 N–H and O–H groups in total. The van der Waals surface area contributed by atoms with E-state index in [9.17, 15) is 4.79 Å². The van der Waals surface area contributed by atoms with Crippen molar-refractivity contribution < 1.29 is 9.53 Å². The van der Waals surface area contributed by atoms with E-state index in [0.29, 0.717) is 12.3 Å². The molecule has 0 spiro atoms. The molecule has 1 aliphatic rings. The predicted octanol–water partition coefficient (Wildman–Crippen LogP) is 5.25. The second kappa shape index (κ2) is 10.3. The van der Waals surface area contributed by atoms with Crippen LogP contribution in [0.1, 0.15) is 90.9 Å². The van der Waals surface area contributed by atoms with Gasteiger partial charge in [0, 0.05) is 6.42 Å². The van der Waals surface area contributed by atoms with Crippen LogP contribution in [0.5, 0.6) is 0 Å². The van der Waals surface area contributed by atoms with Crippen molar-refractivity contribution in [2.75, 3.05) is 0 Å². The molecular weight excluding hydrogens is 236 g/mol. The van der Waals surface area contributed by atoms with Gasteiger partial charge in [-0.05, 0) is 25.2 Å². The highest BCUT2D eigenvalue weighted by Gasteiger charge is 2.39. The third-order valence-electron chi connectivity index (χ3n) is 4.05. The molecule has 2 nitrogen and oxygen atoms in total. The lowest BCUT2D eigenvalue weighted by Crippen LogP contribution is -2.07. The monoisotopic (exact) mass is 268 g/mol. The highest BCUT2D eigenvalue weighted by Crippen LogP contribution is 2.38. The Labute approximate surface area is 119 Å². The van der Waals surface area contributed by atoms with E-state index in [1.165, 1.54) is 57.8 Å². The molecule has 2 atom stereocenters. The number of esters is 1. The van der Waals surface area contributed by atoms with Crippen molar-refractivity contribution in [3.63, 3.8) is 0 Å². The van der Waals surface area contributed by atoms with Gasteiger partial charge >= 0.3 is 5.97 Å². The summed E-state index contributed by atoms with van der Waals surface area (Å²) >= 11 is 0. The van der Waals surface area contributed by atoms with Gasteiger partial charge in [0.25, 0.3) is 0 Å². The molecule has 1 fully saturated rings. The van der Waals surface area contributed by atoms with Gasteiger partial charge in [0.2, 0.25) is 0 Å². The second-order valence-corrected chi connectivity index (χ2v) is 6.04. The fraction of sp³-hybridized carbons (Fsp3) is 0.941. The van der Waals surface area contributed by atoms with Gasteiger partial charge in [0.05, 0.1) is 0 Å². The lowest BCUT2D eigenvalue weighted by atomic mass is 10.1. The van der Waals surface area contributed by atoms with E-state index in [2.05, 4.69) is 13.8 Å². The largest absolute Gasteiger partial charge is 0.462 e. The summed E-state index contributed by atoms with van der Waals surface area (Å²) in [5.74, 6) is 0.721. The van der Waals surface area contributed by atoms with Crippen molar-refractivity contribution in [3.8, 4) is 0 Å². The Hall–Kier alpha value is -0.530. The van der Waals surface area contributed by atoms with Crippen molar-refractivity contribution in [1.82, 2.24) is 0 Å². The van der Waals surface area contributed by atoms with Crippen LogP contribution in [-0.2, 0) is 9.53 Å². The van der Waals surface area contributed by atoms with E-state index in [-0.39, 0.29) is 12.1 Å². The van der Waals surface area contributed by atoms with Crippen molar-refractivity contribution >= 4 is 5.97 Å². The van der Waals surface area contributed by atoms with Crippen LogP contribution in [0.15, 0.2) is 0 Å². The SMILES string of the molecule is CCCCCCCC(=O)OC1CC1CCCCCC. The topological polar surface area (TPSA) is 26.3 Å². The molecule has 1 rings (SSSR count). The summed E-state index contributed by atoms with van der Waals surface area (Å²) in [4.78, 5) is 11.6. The Balaban J connectivity index is 1.90. The third kappa shape index (κ3) is 8.28. The Morgan fingerprint density at radius 3 is 2.26 bits per heavy atom. The summed E-state index contributed by atoms with van der Waals surface area (Å²) in [6.45, 7) is 4.45. The molecule has 0 amide bonds. The third-order valence-corrected chi connectivity index (χ3v) is 4.05. The van der Waals surface area contributed by atoms with Crippen LogP contribution in [-0.4, -0.2) is 12.1 Å². The first-order valence-electron chi connectivity index (χ1n) is 8.47. The molecule has 112 valence electrons. The minimum atomic E-state index is 0.0394. The maximum Gasteiger partial charge on any atom is 0.306 e. The average Bonchev–Trinajstić information content (AvgIpc) is 3.12. The Morgan fingerprint density at radius 2 is 1.58 bits per heavy atom. The molecule has 2 heteroatoms. The number of hydrogen-bond donors (Lipinski definition) is 0. The molecule has 0 radical (unpaired) electrons. The molecule has 19 heavy (non-hydrogen) atoms. The van der Waals surface area contributed by atoms with E-state index >= 15 is 0 Å². The van der Waals surface area contributed by atoms with Crippen molar-refractivity contribution in [3.05, 3.63) is 0 Å². The zero-order chi connectivity index (χ0) is 13.9. The highest BCUT2D eigenvalue weighted by molar-refractivity contribution is 5.69. The molecule has 0 bridgehead atoms. The fourth-order valence-electron chi connectivity index (χ4n) is 2.60. The van der Waals surface area contributed by atoms with Gasteiger partial charge in [-0.2, -0.15) is 0 Å². The van der Waals surface area contributed by atoms with Gasteiger partial charge in [-0.15, -0.1) is 0 Å². The van der Waals surface area contributed by atoms with Crippen LogP contribution >= 0.6 is 0 Å². The minimum Gasteiger partial charge on any atom is -0.462 e. The number of ether oxygens (including phenoxy) is 1. The van der Waals surface area contributed by atoms with Crippen LogP contribution in [0, 0.1) is 5.92 Å². The Morgan fingerprint density at radius 1 is 0.947 bits per heavy atom. The molecule has 0 aromatic carbocycles. The zero-order valence-corrected chi connectivity index (χ0v) is 13.0. The van der Waals surface area contributed by atoms with Gasteiger partial charge in [0.1, 0.15) is 6.10 Å². The molecule has 1 saturated carbocycles. The highest BCUT2D eigenvalue weighted by atomic mass is 16.5. The maximum absolute atomic E-state index is 11.6. The normalized spacial score (nSPS) is 21.4. The molecule has 0 aromatic rings. The Bertz CT molecular complexity index is 237. The van der Waals surface area contributed by atoms with E-state index in [4.69, 9.17) is 4.74 Å². The zero-order valence-electron chi connectivity index (χ0n) is 13.0. The first-order valence-corrected chi connectivity index (χ1v) is 8.47. The van der Waals surface area contributed by atoms with Gasteiger partial charge in [-0.25, -0.2) is 0 Å². The molecule has 0 saturated heterocycles. The van der Waals surface area contributed by atoms with Crippen LogP contribution < -0.4 is 0 Å². The first-order chi connectivity index (χ1) is 9.27. The smallest absolute Gasteiger partial charge is 0.306 e. The lowest BCUT2D eigenvalue weighted by molar-refractivity contribution is -0.145. The van der Waals surface area contributed by atoms with Crippen LogP contribution in [0.25, 0.3) is 0 Å². The van der Waals surface area contributed by atoms with Crippen molar-refractivity contribution in [2.24, 2.45) is 5.92 Å². The van der Waals surface area contributed by atoms with E-state index in [1.807, 2.05) is 0 Å². The summed E-state index contributed by atoms with van der Waals surface area (Å²) in [6, 6.07) is 0. The molecule has 1 aliphatic carbocycles. The lowest BCUT2D eigenvalue weighted by Gasteiger charge is -2.04. The second-order valence-electron chi connectivity index (χ2n) is 6.04. The van der Waals surface area contributed by atoms with Crippen molar-refractivity contribution in [2.45, 2.75) is 97.0 Å². The molecule has 0 aliphatic heterocycles. The van der Waals surface area contributed by atoms with Crippen LogP contribution in [0.2, 0.25) is 0 Å².